The van der Waals surface area contributed by atoms with Gasteiger partial charge in [-0.05, 0) is 31.0 Å². The van der Waals surface area contributed by atoms with Crippen LogP contribution in [-0.4, -0.2) is 26.0 Å². The Kier molecular flexibility index (Phi) is 10.1. The molecule has 0 aliphatic rings. The van der Waals surface area contributed by atoms with E-state index in [1.54, 1.807) is 14.2 Å². The molecule has 0 bridgehead atoms. The number of unbranched alkanes of at least 4 members (excludes halogenated alkanes) is 6. The number of hydrogen-bond acceptors (Lipinski definition) is 4. The van der Waals surface area contributed by atoms with Gasteiger partial charge in [-0.1, -0.05) is 45.4 Å². The summed E-state index contributed by atoms with van der Waals surface area (Å²) in [5.74, 6) is 1.29. The molecule has 0 radical (unpaired) electrons. The average molecular weight is 349 g/mol. The molecule has 0 fully saturated rings. The van der Waals surface area contributed by atoms with Gasteiger partial charge in [-0.15, -0.1) is 0 Å². The van der Waals surface area contributed by atoms with Crippen molar-refractivity contribution >= 4 is 11.7 Å². The third-order valence-electron chi connectivity index (χ3n) is 4.03. The van der Waals surface area contributed by atoms with E-state index in [0.717, 1.165) is 30.5 Å². The van der Waals surface area contributed by atoms with E-state index in [-0.39, 0.29) is 0 Å². The number of rotatable bonds is 12. The van der Waals surface area contributed by atoms with Gasteiger partial charge in [0.1, 0.15) is 0 Å². The van der Waals surface area contributed by atoms with Crippen molar-refractivity contribution < 1.29 is 14.3 Å². The standard InChI is InChI=1S/C19H31N3O3/c1-4-5-6-7-8-9-10-11-16(21-22-19(20)23)15-12-13-17(24-2)18(14-15)25-3/h12-14H,4-11H2,1-3H3,(H3,20,22,23). The van der Waals surface area contributed by atoms with Crippen molar-refractivity contribution in [2.24, 2.45) is 10.8 Å². The van der Waals surface area contributed by atoms with Crippen molar-refractivity contribution in [1.29, 1.82) is 0 Å². The zero-order chi connectivity index (χ0) is 18.5. The molecule has 0 aliphatic carbocycles. The number of benzene rings is 1. The fourth-order valence-corrected chi connectivity index (χ4v) is 2.65. The molecule has 0 saturated heterocycles. The SMILES string of the molecule is CCCCCCCCCC(=NNC(N)=O)c1ccc(OC)c(OC)c1. The predicted octanol–water partition coefficient (Wildman–Crippen LogP) is 4.22. The minimum atomic E-state index is -0.669. The second-order valence-corrected chi connectivity index (χ2v) is 5.98. The Morgan fingerprint density at radius 1 is 1.04 bits per heavy atom. The largest absolute Gasteiger partial charge is 0.493 e. The van der Waals surface area contributed by atoms with E-state index < -0.39 is 6.03 Å². The summed E-state index contributed by atoms with van der Waals surface area (Å²) in [5.41, 5.74) is 9.15. The maximum atomic E-state index is 11.0. The normalized spacial score (nSPS) is 11.2. The number of nitrogens with one attached hydrogen (secondary N) is 1. The molecule has 0 heterocycles. The maximum absolute atomic E-state index is 11.0. The number of amides is 2. The van der Waals surface area contributed by atoms with Crippen LogP contribution in [0.25, 0.3) is 0 Å². The van der Waals surface area contributed by atoms with E-state index in [0.29, 0.717) is 11.5 Å². The van der Waals surface area contributed by atoms with Crippen molar-refractivity contribution in [2.75, 3.05) is 14.2 Å². The summed E-state index contributed by atoms with van der Waals surface area (Å²) in [6.07, 6.45) is 9.29. The third-order valence-corrected chi connectivity index (χ3v) is 4.03. The molecule has 0 saturated carbocycles. The van der Waals surface area contributed by atoms with Crippen molar-refractivity contribution in [2.45, 2.75) is 58.3 Å². The molecule has 1 aromatic carbocycles. The van der Waals surface area contributed by atoms with Gasteiger partial charge < -0.3 is 15.2 Å². The lowest BCUT2D eigenvalue weighted by Crippen LogP contribution is -2.26. The highest BCUT2D eigenvalue weighted by atomic mass is 16.5. The molecule has 6 heteroatoms. The number of nitrogens with two attached hydrogens (primary N) is 1. The molecule has 140 valence electrons. The number of ether oxygens (including phenoxy) is 2. The van der Waals surface area contributed by atoms with Crippen LogP contribution in [0.3, 0.4) is 0 Å². The molecule has 0 atom stereocenters. The van der Waals surface area contributed by atoms with Gasteiger partial charge in [0, 0.05) is 5.56 Å². The first-order valence-electron chi connectivity index (χ1n) is 8.96. The number of nitrogens with zero attached hydrogens (tertiary/aromatic N) is 1. The second kappa shape index (κ2) is 12.2. The van der Waals surface area contributed by atoms with Crippen molar-refractivity contribution in [3.05, 3.63) is 23.8 Å². The molecule has 3 N–H and O–H groups in total. The Balaban J connectivity index is 2.70. The molecule has 0 aliphatic heterocycles. The minimum absolute atomic E-state index is 0.631. The number of methoxy groups -OCH3 is 2. The molecule has 2 amide bonds. The summed E-state index contributed by atoms with van der Waals surface area (Å²) in [6, 6.07) is 4.93. The van der Waals surface area contributed by atoms with Crippen LogP contribution >= 0.6 is 0 Å². The molecule has 6 nitrogen and oxygen atoms in total. The monoisotopic (exact) mass is 349 g/mol. The molecule has 0 spiro atoms. The van der Waals surface area contributed by atoms with Gasteiger partial charge in [-0.2, -0.15) is 5.10 Å². The average Bonchev–Trinajstić information content (AvgIpc) is 2.62. The van der Waals surface area contributed by atoms with Crippen molar-refractivity contribution in [3.63, 3.8) is 0 Å². The Hall–Kier alpha value is -2.24. The van der Waals surface area contributed by atoms with Gasteiger partial charge in [-0.25, -0.2) is 10.2 Å². The van der Waals surface area contributed by atoms with Crippen LogP contribution in [0.15, 0.2) is 23.3 Å². The lowest BCUT2D eigenvalue weighted by molar-refractivity contribution is 0.249. The van der Waals surface area contributed by atoms with E-state index in [2.05, 4.69) is 17.5 Å². The Bertz CT molecular complexity index is 559. The van der Waals surface area contributed by atoms with Crippen LogP contribution in [0, 0.1) is 0 Å². The molecule has 1 rings (SSSR count). The Morgan fingerprint density at radius 3 is 2.28 bits per heavy atom. The summed E-state index contributed by atoms with van der Waals surface area (Å²) >= 11 is 0. The van der Waals surface area contributed by atoms with E-state index in [9.17, 15) is 4.79 Å². The lowest BCUT2D eigenvalue weighted by Gasteiger charge is -2.11. The molecular weight excluding hydrogens is 318 g/mol. The quantitative estimate of drug-likeness (QED) is 0.336. The van der Waals surface area contributed by atoms with Gasteiger partial charge in [0.15, 0.2) is 11.5 Å². The number of carbonyl (C=O) groups is 1. The highest BCUT2D eigenvalue weighted by Crippen LogP contribution is 2.28. The topological polar surface area (TPSA) is 85.9 Å². The highest BCUT2D eigenvalue weighted by molar-refractivity contribution is 6.01. The first kappa shape index (κ1) is 20.8. The van der Waals surface area contributed by atoms with Gasteiger partial charge >= 0.3 is 6.03 Å². The van der Waals surface area contributed by atoms with E-state index in [4.69, 9.17) is 15.2 Å². The number of primary amides is 1. The smallest absolute Gasteiger partial charge is 0.332 e. The van der Waals surface area contributed by atoms with Gasteiger partial charge in [0.25, 0.3) is 0 Å². The summed E-state index contributed by atoms with van der Waals surface area (Å²) in [4.78, 5) is 11.0. The van der Waals surface area contributed by atoms with Crippen molar-refractivity contribution in [1.82, 2.24) is 5.43 Å². The fraction of sp³-hybridized carbons (Fsp3) is 0.579. The highest BCUT2D eigenvalue weighted by Gasteiger charge is 2.10. The zero-order valence-corrected chi connectivity index (χ0v) is 15.6. The van der Waals surface area contributed by atoms with E-state index in [1.807, 2.05) is 18.2 Å². The summed E-state index contributed by atoms with van der Waals surface area (Å²) in [5, 5.41) is 4.17. The Labute approximate surface area is 150 Å². The van der Waals surface area contributed by atoms with Crippen LogP contribution in [0.1, 0.15) is 63.9 Å². The molecule has 0 unspecified atom stereocenters. The van der Waals surface area contributed by atoms with E-state index in [1.165, 1.54) is 32.1 Å². The summed E-state index contributed by atoms with van der Waals surface area (Å²) in [6.45, 7) is 2.22. The van der Waals surface area contributed by atoms with Crippen LogP contribution in [0.4, 0.5) is 4.79 Å². The number of urea groups is 1. The fourth-order valence-electron chi connectivity index (χ4n) is 2.65. The van der Waals surface area contributed by atoms with Crippen LogP contribution < -0.4 is 20.6 Å². The summed E-state index contributed by atoms with van der Waals surface area (Å²) < 4.78 is 10.6. The third kappa shape index (κ3) is 7.92. The van der Waals surface area contributed by atoms with Gasteiger partial charge in [-0.3, -0.25) is 0 Å². The minimum Gasteiger partial charge on any atom is -0.493 e. The predicted molar refractivity (Wildman–Crippen MR) is 101 cm³/mol. The van der Waals surface area contributed by atoms with Crippen molar-refractivity contribution in [3.8, 4) is 11.5 Å². The number of hydrogen-bond donors (Lipinski definition) is 2. The van der Waals surface area contributed by atoms with Crippen LogP contribution in [-0.2, 0) is 0 Å². The Morgan fingerprint density at radius 2 is 1.68 bits per heavy atom. The van der Waals surface area contributed by atoms with Gasteiger partial charge in [0.05, 0.1) is 19.9 Å². The van der Waals surface area contributed by atoms with E-state index >= 15 is 0 Å². The number of carbonyl (C=O) groups excluding carboxylic acids is 1. The zero-order valence-electron chi connectivity index (χ0n) is 15.6. The number of hydrazone groups is 1. The second-order valence-electron chi connectivity index (χ2n) is 5.98. The van der Waals surface area contributed by atoms with Crippen LogP contribution in [0.5, 0.6) is 11.5 Å². The van der Waals surface area contributed by atoms with Gasteiger partial charge in [0.2, 0.25) is 0 Å². The first-order valence-corrected chi connectivity index (χ1v) is 8.96. The molecule has 25 heavy (non-hydrogen) atoms. The van der Waals surface area contributed by atoms with Crippen LogP contribution in [0.2, 0.25) is 0 Å². The molecule has 0 aromatic heterocycles. The molecular formula is C19H31N3O3. The maximum Gasteiger partial charge on any atom is 0.332 e. The molecule has 1 aromatic rings. The summed E-state index contributed by atoms with van der Waals surface area (Å²) in [7, 11) is 3.19. The lowest BCUT2D eigenvalue weighted by atomic mass is 10.0. The first-order chi connectivity index (χ1) is 12.1.